The summed E-state index contributed by atoms with van der Waals surface area (Å²) in [6.07, 6.45) is 6.87. The first-order chi connectivity index (χ1) is 9.81. The smallest absolute Gasteiger partial charge is 0.180 e. The maximum absolute atomic E-state index is 5.96. The number of hydrogen-bond acceptors (Lipinski definition) is 5. The van der Waals surface area contributed by atoms with Crippen LogP contribution in [-0.2, 0) is 0 Å². The van der Waals surface area contributed by atoms with Crippen LogP contribution in [0.4, 0.5) is 5.82 Å². The summed E-state index contributed by atoms with van der Waals surface area (Å²) in [4.78, 5) is 8.74. The van der Waals surface area contributed by atoms with E-state index in [4.69, 9.17) is 14.6 Å². The third-order valence-electron chi connectivity index (χ3n) is 3.01. The molecule has 0 aliphatic carbocycles. The van der Waals surface area contributed by atoms with Gasteiger partial charge in [-0.1, -0.05) is 0 Å². The van der Waals surface area contributed by atoms with Gasteiger partial charge in [0, 0.05) is 12.4 Å². The van der Waals surface area contributed by atoms with Crippen LogP contribution < -0.4 is 5.73 Å². The normalized spacial score (nSPS) is 11.2. The van der Waals surface area contributed by atoms with Crippen molar-refractivity contribution in [1.82, 2.24) is 14.4 Å². The van der Waals surface area contributed by atoms with Gasteiger partial charge in [-0.25, -0.2) is 9.97 Å². The van der Waals surface area contributed by atoms with E-state index in [0.29, 0.717) is 34.4 Å². The van der Waals surface area contributed by atoms with Gasteiger partial charge in [0.1, 0.15) is 11.4 Å². The third kappa shape index (κ3) is 1.58. The number of furan rings is 2. The lowest BCUT2D eigenvalue weighted by atomic mass is 10.3. The van der Waals surface area contributed by atoms with E-state index in [1.165, 1.54) is 0 Å². The van der Waals surface area contributed by atoms with Gasteiger partial charge in [0.15, 0.2) is 23.0 Å². The largest absolute Gasteiger partial charge is 0.463 e. The molecule has 4 aromatic heterocycles. The molecule has 2 N–H and O–H groups in total. The second-order valence-corrected chi connectivity index (χ2v) is 4.32. The number of aromatic nitrogens is 3. The predicted octanol–water partition coefficient (Wildman–Crippen LogP) is 2.83. The van der Waals surface area contributed by atoms with Crippen LogP contribution >= 0.6 is 0 Å². The fourth-order valence-electron chi connectivity index (χ4n) is 2.11. The van der Waals surface area contributed by atoms with Crippen molar-refractivity contribution < 1.29 is 8.83 Å². The van der Waals surface area contributed by atoms with Crippen molar-refractivity contribution in [1.29, 1.82) is 0 Å². The summed E-state index contributed by atoms with van der Waals surface area (Å²) in [5, 5.41) is 0. The maximum Gasteiger partial charge on any atom is 0.180 e. The number of hydrogen-bond donors (Lipinski definition) is 1. The molecule has 20 heavy (non-hydrogen) atoms. The second kappa shape index (κ2) is 3.99. The van der Waals surface area contributed by atoms with E-state index in [2.05, 4.69) is 9.97 Å². The number of imidazole rings is 1. The highest BCUT2D eigenvalue weighted by Crippen LogP contribution is 2.25. The zero-order valence-corrected chi connectivity index (χ0v) is 10.4. The molecule has 6 nitrogen and oxygen atoms in total. The van der Waals surface area contributed by atoms with E-state index < -0.39 is 0 Å². The van der Waals surface area contributed by atoms with Crippen molar-refractivity contribution in [3.8, 4) is 22.9 Å². The topological polar surface area (TPSA) is 82.5 Å². The average Bonchev–Trinajstić information content (AvgIpc) is 3.19. The van der Waals surface area contributed by atoms with Gasteiger partial charge in [-0.3, -0.25) is 0 Å². The fourth-order valence-corrected chi connectivity index (χ4v) is 2.11. The molecule has 0 aromatic carbocycles. The summed E-state index contributed by atoms with van der Waals surface area (Å²) in [5.41, 5.74) is 7.92. The van der Waals surface area contributed by atoms with Gasteiger partial charge in [-0.2, -0.15) is 0 Å². The molecule has 6 heteroatoms. The quantitative estimate of drug-likeness (QED) is 0.603. The van der Waals surface area contributed by atoms with Crippen molar-refractivity contribution in [3.05, 3.63) is 49.2 Å². The Balaban J connectivity index is 1.92. The van der Waals surface area contributed by atoms with Crippen LogP contribution in [0.15, 0.2) is 58.0 Å². The number of fused-ring (bicyclic) bond motifs is 1. The van der Waals surface area contributed by atoms with E-state index in [-0.39, 0.29) is 0 Å². The van der Waals surface area contributed by atoms with Crippen molar-refractivity contribution in [3.63, 3.8) is 0 Å². The third-order valence-corrected chi connectivity index (χ3v) is 3.01. The Bertz CT molecular complexity index is 860. The molecule has 4 aromatic rings. The highest BCUT2D eigenvalue weighted by atomic mass is 16.3. The van der Waals surface area contributed by atoms with Crippen LogP contribution in [0.3, 0.4) is 0 Å². The Morgan fingerprint density at radius 2 is 1.50 bits per heavy atom. The van der Waals surface area contributed by atoms with Crippen molar-refractivity contribution >= 4 is 11.5 Å². The fraction of sp³-hybridized carbons (Fsp3) is 0. The molecule has 0 aliphatic heterocycles. The van der Waals surface area contributed by atoms with Gasteiger partial charge in [-0.05, 0) is 24.3 Å². The number of nitrogens with two attached hydrogens (primary N) is 1. The minimum absolute atomic E-state index is 0.344. The zero-order valence-electron chi connectivity index (χ0n) is 10.4. The lowest BCUT2D eigenvalue weighted by molar-refractivity contribution is 0.579. The number of anilines is 1. The van der Waals surface area contributed by atoms with Crippen LogP contribution in [0.5, 0.6) is 0 Å². The first kappa shape index (κ1) is 10.9. The summed E-state index contributed by atoms with van der Waals surface area (Å²) >= 11 is 0. The van der Waals surface area contributed by atoms with Gasteiger partial charge in [-0.15, -0.1) is 0 Å². The first-order valence-electron chi connectivity index (χ1n) is 6.04. The predicted molar refractivity (Wildman–Crippen MR) is 72.8 cm³/mol. The molecule has 0 aliphatic rings. The molecule has 98 valence electrons. The van der Waals surface area contributed by atoms with Gasteiger partial charge in [0.2, 0.25) is 0 Å². The monoisotopic (exact) mass is 266 g/mol. The molecule has 0 amide bonds. The van der Waals surface area contributed by atoms with Gasteiger partial charge >= 0.3 is 0 Å². The van der Waals surface area contributed by atoms with Crippen molar-refractivity contribution in [2.75, 3.05) is 5.73 Å². The van der Waals surface area contributed by atoms with Gasteiger partial charge in [0.25, 0.3) is 0 Å². The molecule has 0 unspecified atom stereocenters. The van der Waals surface area contributed by atoms with Crippen LogP contribution in [0.1, 0.15) is 0 Å². The average molecular weight is 266 g/mol. The van der Waals surface area contributed by atoms with Crippen molar-refractivity contribution in [2.24, 2.45) is 0 Å². The standard InChI is InChI=1S/C14H10N4O2/c15-13-14-17-10(12-4-2-6-20-12)8-18(14)7-9(16-13)11-3-1-5-19-11/h1-8H,(H2,15,16). The molecule has 4 heterocycles. The number of nitrogens with zero attached hydrogens (tertiary/aromatic N) is 3. The first-order valence-corrected chi connectivity index (χ1v) is 6.04. The second-order valence-electron chi connectivity index (χ2n) is 4.32. The van der Waals surface area contributed by atoms with Crippen LogP contribution in [0.25, 0.3) is 28.6 Å². The molecule has 0 bridgehead atoms. The molecular formula is C14H10N4O2. The number of rotatable bonds is 2. The number of nitrogen functional groups attached to an aromatic ring is 1. The maximum atomic E-state index is 5.96. The van der Waals surface area contributed by atoms with E-state index in [0.717, 1.165) is 0 Å². The summed E-state index contributed by atoms with van der Waals surface area (Å²) in [6, 6.07) is 7.30. The summed E-state index contributed by atoms with van der Waals surface area (Å²) in [7, 11) is 0. The molecular weight excluding hydrogens is 256 g/mol. The SMILES string of the molecule is Nc1nc(-c2ccco2)cn2cc(-c3ccco3)nc12. The van der Waals surface area contributed by atoms with Crippen LogP contribution in [0.2, 0.25) is 0 Å². The summed E-state index contributed by atoms with van der Waals surface area (Å²) < 4.78 is 12.5. The highest BCUT2D eigenvalue weighted by molar-refractivity contribution is 5.69. The molecule has 0 spiro atoms. The molecule has 0 fully saturated rings. The van der Waals surface area contributed by atoms with Gasteiger partial charge in [0.05, 0.1) is 12.5 Å². The van der Waals surface area contributed by atoms with Crippen LogP contribution in [0, 0.1) is 0 Å². The van der Waals surface area contributed by atoms with Crippen molar-refractivity contribution in [2.45, 2.75) is 0 Å². The summed E-state index contributed by atoms with van der Waals surface area (Å²) in [6.45, 7) is 0. The molecule has 0 radical (unpaired) electrons. The molecule has 4 rings (SSSR count). The highest BCUT2D eigenvalue weighted by Gasteiger charge is 2.12. The molecule has 0 saturated heterocycles. The Hall–Kier alpha value is -3.02. The van der Waals surface area contributed by atoms with E-state index >= 15 is 0 Å². The Morgan fingerprint density at radius 3 is 2.05 bits per heavy atom. The van der Waals surface area contributed by atoms with E-state index in [1.807, 2.05) is 35.0 Å². The van der Waals surface area contributed by atoms with E-state index in [9.17, 15) is 0 Å². The molecule has 0 saturated carbocycles. The minimum atomic E-state index is 0.344. The van der Waals surface area contributed by atoms with Gasteiger partial charge < -0.3 is 19.0 Å². The molecule has 0 atom stereocenters. The van der Waals surface area contributed by atoms with Crippen LogP contribution in [-0.4, -0.2) is 14.4 Å². The minimum Gasteiger partial charge on any atom is -0.463 e. The van der Waals surface area contributed by atoms with E-state index in [1.54, 1.807) is 18.6 Å². The lowest BCUT2D eigenvalue weighted by Gasteiger charge is -2.00. The zero-order chi connectivity index (χ0) is 13.5. The Morgan fingerprint density at radius 1 is 0.900 bits per heavy atom. The summed E-state index contributed by atoms with van der Waals surface area (Å²) in [5.74, 6) is 1.69. The Labute approximate surface area is 113 Å². The Kier molecular flexibility index (Phi) is 2.17. The lowest BCUT2D eigenvalue weighted by Crippen LogP contribution is -1.98.